The highest BCUT2D eigenvalue weighted by atomic mass is 35.5. The molecule has 4 heteroatoms. The van der Waals surface area contributed by atoms with E-state index in [2.05, 4.69) is 28.5 Å². The van der Waals surface area contributed by atoms with Crippen molar-refractivity contribution < 1.29 is 0 Å². The quantitative estimate of drug-likeness (QED) is 0.854. The Morgan fingerprint density at radius 2 is 2.35 bits per heavy atom. The molecule has 3 nitrogen and oxygen atoms in total. The summed E-state index contributed by atoms with van der Waals surface area (Å²) in [6, 6.07) is 8.32. The van der Waals surface area contributed by atoms with Gasteiger partial charge in [-0.25, -0.2) is 0 Å². The van der Waals surface area contributed by atoms with Crippen molar-refractivity contribution in [2.75, 3.05) is 0 Å². The van der Waals surface area contributed by atoms with Crippen LogP contribution in [0, 0.1) is 0 Å². The Hall–Kier alpha value is -1.32. The average molecular weight is 250 g/mol. The van der Waals surface area contributed by atoms with Crippen molar-refractivity contribution in [1.29, 1.82) is 0 Å². The van der Waals surface area contributed by atoms with Crippen molar-refractivity contribution in [2.24, 2.45) is 0 Å². The van der Waals surface area contributed by atoms with E-state index < -0.39 is 0 Å². The monoisotopic (exact) mass is 249 g/mol. The number of rotatable bonds is 5. The highest BCUT2D eigenvalue weighted by Crippen LogP contribution is 2.20. The molecule has 1 aromatic heterocycles. The van der Waals surface area contributed by atoms with Gasteiger partial charge in [-0.1, -0.05) is 30.7 Å². The Kier molecular flexibility index (Phi) is 4.18. The molecular formula is C13H16ClN3. The molecule has 0 saturated heterocycles. The maximum absolute atomic E-state index is 6.00. The van der Waals surface area contributed by atoms with Crippen molar-refractivity contribution in [2.45, 2.75) is 25.9 Å². The lowest BCUT2D eigenvalue weighted by Gasteiger charge is -2.17. The number of aromatic nitrogens is 2. The molecule has 0 fully saturated rings. The van der Waals surface area contributed by atoms with Crippen LogP contribution in [0.1, 0.15) is 30.5 Å². The zero-order valence-electron chi connectivity index (χ0n) is 9.78. The molecule has 0 saturated carbocycles. The number of hydrogen-bond acceptors (Lipinski definition) is 2. The van der Waals surface area contributed by atoms with Gasteiger partial charge in [-0.3, -0.25) is 5.10 Å². The number of halogens is 1. The fourth-order valence-corrected chi connectivity index (χ4v) is 2.04. The predicted octanol–water partition coefficient (Wildman–Crippen LogP) is 3.30. The molecule has 1 aromatic carbocycles. The molecule has 0 spiro atoms. The Balaban J connectivity index is 2.01. The lowest BCUT2D eigenvalue weighted by molar-refractivity contribution is 0.519. The summed E-state index contributed by atoms with van der Waals surface area (Å²) in [5.74, 6) is 0. The maximum atomic E-state index is 6.00. The van der Waals surface area contributed by atoms with E-state index in [1.54, 1.807) is 0 Å². The molecular weight excluding hydrogens is 234 g/mol. The third-order valence-electron chi connectivity index (χ3n) is 2.77. The Bertz CT molecular complexity index is 453. The molecule has 1 unspecified atom stereocenters. The molecule has 0 amide bonds. The molecule has 1 atom stereocenters. The SMILES string of the molecule is CCC(NCc1cn[nH]c1)c1cccc(Cl)c1. The van der Waals surface area contributed by atoms with E-state index in [9.17, 15) is 0 Å². The van der Waals surface area contributed by atoms with Crippen molar-refractivity contribution in [1.82, 2.24) is 15.5 Å². The van der Waals surface area contributed by atoms with Gasteiger partial charge in [0, 0.05) is 29.4 Å². The van der Waals surface area contributed by atoms with Crippen molar-refractivity contribution in [3.8, 4) is 0 Å². The third-order valence-corrected chi connectivity index (χ3v) is 3.00. The van der Waals surface area contributed by atoms with Crippen LogP contribution in [0.4, 0.5) is 0 Å². The minimum atomic E-state index is 0.323. The standard InChI is InChI=1S/C13H16ClN3/c1-2-13(11-4-3-5-12(14)6-11)15-7-10-8-16-17-9-10/h3-6,8-9,13,15H,2,7H2,1H3,(H,16,17). The Morgan fingerprint density at radius 3 is 3.00 bits per heavy atom. The van der Waals surface area contributed by atoms with Crippen molar-refractivity contribution in [3.63, 3.8) is 0 Å². The van der Waals surface area contributed by atoms with Crippen LogP contribution in [-0.4, -0.2) is 10.2 Å². The van der Waals surface area contributed by atoms with Crippen LogP contribution in [0.3, 0.4) is 0 Å². The largest absolute Gasteiger partial charge is 0.306 e. The second kappa shape index (κ2) is 5.84. The molecule has 1 heterocycles. The summed E-state index contributed by atoms with van der Waals surface area (Å²) in [5, 5.41) is 11.0. The second-order valence-electron chi connectivity index (χ2n) is 4.00. The van der Waals surface area contributed by atoms with E-state index in [0.717, 1.165) is 23.6 Å². The van der Waals surface area contributed by atoms with Crippen LogP contribution in [0.15, 0.2) is 36.7 Å². The molecule has 0 aliphatic rings. The van der Waals surface area contributed by atoms with Gasteiger partial charge >= 0.3 is 0 Å². The van der Waals surface area contributed by atoms with E-state index in [4.69, 9.17) is 11.6 Å². The number of H-pyrrole nitrogens is 1. The van der Waals surface area contributed by atoms with E-state index in [1.807, 2.05) is 30.6 Å². The van der Waals surface area contributed by atoms with E-state index in [0.29, 0.717) is 6.04 Å². The van der Waals surface area contributed by atoms with Crippen LogP contribution in [0.2, 0.25) is 5.02 Å². The summed E-state index contributed by atoms with van der Waals surface area (Å²) in [4.78, 5) is 0. The number of nitrogens with zero attached hydrogens (tertiary/aromatic N) is 1. The summed E-state index contributed by atoms with van der Waals surface area (Å²) in [5.41, 5.74) is 2.38. The first-order chi connectivity index (χ1) is 8.29. The van der Waals surface area contributed by atoms with Gasteiger partial charge in [-0.2, -0.15) is 5.10 Å². The summed E-state index contributed by atoms with van der Waals surface area (Å²) < 4.78 is 0. The third kappa shape index (κ3) is 3.32. The van der Waals surface area contributed by atoms with Crippen molar-refractivity contribution in [3.05, 3.63) is 52.8 Å². The first kappa shape index (κ1) is 12.1. The number of benzene rings is 1. The first-order valence-electron chi connectivity index (χ1n) is 5.76. The summed E-state index contributed by atoms with van der Waals surface area (Å²) in [6.07, 6.45) is 4.76. The van der Waals surface area contributed by atoms with E-state index in [1.165, 1.54) is 5.56 Å². The minimum absolute atomic E-state index is 0.323. The van der Waals surface area contributed by atoms with E-state index in [-0.39, 0.29) is 0 Å². The van der Waals surface area contributed by atoms with Gasteiger partial charge in [-0.15, -0.1) is 0 Å². The Labute approximate surface area is 106 Å². The van der Waals surface area contributed by atoms with Gasteiger partial charge in [0.05, 0.1) is 6.20 Å². The van der Waals surface area contributed by atoms with Gasteiger partial charge in [0.2, 0.25) is 0 Å². The molecule has 0 bridgehead atoms. The molecule has 2 aromatic rings. The average Bonchev–Trinajstić information content (AvgIpc) is 2.83. The van der Waals surface area contributed by atoms with Crippen LogP contribution in [0.5, 0.6) is 0 Å². The summed E-state index contributed by atoms with van der Waals surface area (Å²) in [7, 11) is 0. The fourth-order valence-electron chi connectivity index (χ4n) is 1.84. The lowest BCUT2D eigenvalue weighted by atomic mass is 10.0. The normalized spacial score (nSPS) is 12.6. The second-order valence-corrected chi connectivity index (χ2v) is 4.44. The smallest absolute Gasteiger partial charge is 0.0532 e. The van der Waals surface area contributed by atoms with E-state index >= 15 is 0 Å². The highest BCUT2D eigenvalue weighted by molar-refractivity contribution is 6.30. The van der Waals surface area contributed by atoms with Gasteiger partial charge < -0.3 is 5.32 Å². The fraction of sp³-hybridized carbons (Fsp3) is 0.308. The maximum Gasteiger partial charge on any atom is 0.0532 e. The molecule has 90 valence electrons. The molecule has 0 aliphatic heterocycles. The van der Waals surface area contributed by atoms with Crippen LogP contribution < -0.4 is 5.32 Å². The zero-order valence-corrected chi connectivity index (χ0v) is 10.5. The van der Waals surface area contributed by atoms with Gasteiger partial charge in [0.15, 0.2) is 0 Å². The number of nitrogens with one attached hydrogen (secondary N) is 2. The van der Waals surface area contributed by atoms with Gasteiger partial charge in [0.25, 0.3) is 0 Å². The number of aromatic amines is 1. The predicted molar refractivity (Wildman–Crippen MR) is 69.9 cm³/mol. The lowest BCUT2D eigenvalue weighted by Crippen LogP contribution is -2.19. The molecule has 0 aliphatic carbocycles. The van der Waals surface area contributed by atoms with Crippen molar-refractivity contribution >= 4 is 11.6 Å². The van der Waals surface area contributed by atoms with Crippen LogP contribution in [0.25, 0.3) is 0 Å². The van der Waals surface area contributed by atoms with Crippen LogP contribution >= 0.6 is 11.6 Å². The zero-order chi connectivity index (χ0) is 12.1. The topological polar surface area (TPSA) is 40.7 Å². The Morgan fingerprint density at radius 1 is 1.47 bits per heavy atom. The first-order valence-corrected chi connectivity index (χ1v) is 6.14. The summed E-state index contributed by atoms with van der Waals surface area (Å²) >= 11 is 6.00. The summed E-state index contributed by atoms with van der Waals surface area (Å²) in [6.45, 7) is 2.97. The molecule has 17 heavy (non-hydrogen) atoms. The molecule has 2 rings (SSSR count). The molecule has 0 radical (unpaired) electrons. The molecule has 2 N–H and O–H groups in total. The number of hydrogen-bond donors (Lipinski definition) is 2. The minimum Gasteiger partial charge on any atom is -0.306 e. The van der Waals surface area contributed by atoms with Gasteiger partial charge in [0.1, 0.15) is 0 Å². The highest BCUT2D eigenvalue weighted by Gasteiger charge is 2.09. The van der Waals surface area contributed by atoms with Crippen LogP contribution in [-0.2, 0) is 6.54 Å². The van der Waals surface area contributed by atoms with Gasteiger partial charge in [-0.05, 0) is 24.1 Å².